The molecule has 0 spiro atoms. The summed E-state index contributed by atoms with van der Waals surface area (Å²) in [6.07, 6.45) is -54.8. The monoisotopic (exact) mass is 945 g/mol. The van der Waals surface area contributed by atoms with E-state index in [9.17, 15) is 105 Å². The first-order valence-electron chi connectivity index (χ1n) is 15.4. The summed E-state index contributed by atoms with van der Waals surface area (Å²) in [7, 11) is 0. The van der Waals surface area contributed by atoms with Crippen LogP contribution in [0.15, 0.2) is 72.8 Å². The van der Waals surface area contributed by atoms with Crippen LogP contribution in [0.3, 0.4) is 0 Å². The maximum atomic E-state index is 14.2. The van der Waals surface area contributed by atoms with Gasteiger partial charge in [-0.1, -0.05) is 48.5 Å². The molecular weight excluding hydrogens is 929 g/mol. The summed E-state index contributed by atoms with van der Waals surface area (Å²) in [6, 6.07) is -8.81. The highest BCUT2D eigenvalue weighted by atomic mass is 19.4. The van der Waals surface area contributed by atoms with Crippen LogP contribution in [0, 0.1) is 0 Å². The highest BCUT2D eigenvalue weighted by Crippen LogP contribution is 2.41. The van der Waals surface area contributed by atoms with Gasteiger partial charge in [-0.3, -0.25) is 0 Å². The van der Waals surface area contributed by atoms with Gasteiger partial charge < -0.3 is 0 Å². The Bertz CT molecular complexity index is 1820. The van der Waals surface area contributed by atoms with Gasteiger partial charge in [0.25, 0.3) is 0 Å². The molecule has 0 atom stereocenters. The lowest BCUT2D eigenvalue weighted by molar-refractivity contribution is -1.48. The van der Waals surface area contributed by atoms with Gasteiger partial charge in [-0.05, 0) is 24.3 Å². The van der Waals surface area contributed by atoms with E-state index in [0.29, 0.717) is 0 Å². The minimum absolute atomic E-state index is 0.691. The lowest BCUT2D eigenvalue weighted by Crippen LogP contribution is -2.75. The molecule has 0 saturated heterocycles. The van der Waals surface area contributed by atoms with Crippen molar-refractivity contribution in [1.82, 2.24) is 0 Å². The molecule has 5 nitrogen and oxygen atoms in total. The van der Waals surface area contributed by atoms with Crippen molar-refractivity contribution >= 4 is 28.0 Å². The SMILES string of the molecule is FC(F)(F)c1cc([B-](c2cc(C(F)(F)F)cc(C(F)(F)F)c2)(c2cc(C(F)(F)F)cc(C(F)(F)F)c2)c2cc(C(F)(F)F)cc(C(F)(F)F)c2)cc(C(F)(F)F)c1.O[N+](O)(O)O. The van der Waals surface area contributed by atoms with E-state index in [1.807, 2.05) is 0 Å². The van der Waals surface area contributed by atoms with Crippen LogP contribution >= 0.6 is 0 Å². The fraction of sp³-hybridized carbons (Fsp3) is 0.250. The summed E-state index contributed by atoms with van der Waals surface area (Å²) in [5.41, 5.74) is -30.2. The minimum Gasteiger partial charge on any atom is -0.194 e. The molecule has 0 aromatic heterocycles. The van der Waals surface area contributed by atoms with Gasteiger partial charge in [-0.15, -0.1) is 20.8 Å². The summed E-state index contributed by atoms with van der Waals surface area (Å²) >= 11 is 0. The van der Waals surface area contributed by atoms with Crippen molar-refractivity contribution in [1.29, 1.82) is 0 Å². The Morgan fingerprint density at radius 2 is 0.339 bits per heavy atom. The van der Waals surface area contributed by atoms with E-state index in [1.54, 1.807) is 0 Å². The molecule has 0 aliphatic carbocycles. The number of quaternary nitrogens is 1. The highest BCUT2D eigenvalue weighted by molar-refractivity contribution is 7.20. The third-order valence-electron chi connectivity index (χ3n) is 8.44. The molecule has 0 bridgehead atoms. The lowest BCUT2D eigenvalue weighted by atomic mass is 9.12. The Hall–Kier alpha value is -4.94. The number of benzene rings is 4. The molecule has 4 aromatic rings. The van der Waals surface area contributed by atoms with Crippen LogP contribution in [0.2, 0.25) is 0 Å². The zero-order valence-corrected chi connectivity index (χ0v) is 28.8. The second kappa shape index (κ2) is 16.0. The fourth-order valence-electron chi connectivity index (χ4n) is 6.07. The number of halogens is 24. The normalized spacial score (nSPS) is 14.1. The van der Waals surface area contributed by atoms with Crippen molar-refractivity contribution in [2.75, 3.05) is 0 Å². The maximum absolute atomic E-state index is 14.2. The Morgan fingerprint density at radius 1 is 0.242 bits per heavy atom. The topological polar surface area (TPSA) is 80.9 Å². The third kappa shape index (κ3) is 12.2. The Kier molecular flexibility index (Phi) is 13.3. The molecular formula is C32H16BF24NO4. The van der Waals surface area contributed by atoms with Gasteiger partial charge in [-0.25, -0.2) is 0 Å². The number of nitrogens with zero attached hydrogens (tertiary/aromatic N) is 1. The summed E-state index contributed by atoms with van der Waals surface area (Å²) in [5, 5.41) is 25.5. The van der Waals surface area contributed by atoms with Crippen LogP contribution < -0.4 is 21.9 Å². The van der Waals surface area contributed by atoms with E-state index in [-0.39, 0.29) is 0 Å². The first-order chi connectivity index (χ1) is 27.3. The molecule has 0 aliphatic rings. The van der Waals surface area contributed by atoms with E-state index >= 15 is 0 Å². The Balaban J connectivity index is 0.00000193. The number of rotatable bonds is 4. The quantitative estimate of drug-likeness (QED) is 0.0711. The van der Waals surface area contributed by atoms with Crippen molar-refractivity contribution in [2.24, 2.45) is 0 Å². The third-order valence-corrected chi connectivity index (χ3v) is 8.44. The highest BCUT2D eigenvalue weighted by Gasteiger charge is 2.47. The summed E-state index contributed by atoms with van der Waals surface area (Å²) in [4.78, 5) is 0. The molecule has 30 heteroatoms. The van der Waals surface area contributed by atoms with Gasteiger partial charge in [0.1, 0.15) is 6.15 Å². The van der Waals surface area contributed by atoms with Crippen LogP contribution in [-0.2, 0) is 49.4 Å². The number of alkyl halides is 24. The van der Waals surface area contributed by atoms with Gasteiger partial charge in [0.2, 0.25) is 5.14 Å². The van der Waals surface area contributed by atoms with Crippen LogP contribution in [0.1, 0.15) is 44.5 Å². The zero-order chi connectivity index (χ0) is 48.4. The van der Waals surface area contributed by atoms with Crippen LogP contribution in [0.4, 0.5) is 105 Å². The lowest BCUT2D eigenvalue weighted by Gasteiger charge is -2.46. The van der Waals surface area contributed by atoms with Gasteiger partial charge in [-0.2, -0.15) is 127 Å². The van der Waals surface area contributed by atoms with E-state index < -0.39 is 200 Å². The predicted molar refractivity (Wildman–Crippen MR) is 157 cm³/mol. The molecule has 0 amide bonds. The molecule has 4 N–H and O–H groups in total. The number of hydrogen-bond acceptors (Lipinski definition) is 4. The van der Waals surface area contributed by atoms with E-state index in [0.717, 1.165) is 0 Å². The molecule has 0 heterocycles. The summed E-state index contributed by atoms with van der Waals surface area (Å²) < 4.78 is 341. The van der Waals surface area contributed by atoms with Gasteiger partial charge in [0, 0.05) is 0 Å². The van der Waals surface area contributed by atoms with Crippen LogP contribution in [0.5, 0.6) is 0 Å². The van der Waals surface area contributed by atoms with Crippen LogP contribution in [-0.4, -0.2) is 32.1 Å². The standard InChI is InChI=1S/C32H12BF24.H4NO4/c34-25(35,36)13-1-14(26(37,38)39)6-21(5-13)33(22-7-15(27(40,41)42)2-16(8-22)28(43,44)45,23-9-17(29(46,47)48)3-18(10-23)30(49,50)51)24-11-19(31(52,53)54)4-20(12-24)32(55,56)57;2-1(3,4)5/h1-12H;2-5H/q-1;+1. The molecule has 344 valence electrons. The molecule has 62 heavy (non-hydrogen) atoms. The predicted octanol–water partition coefficient (Wildman–Crippen LogP) is 10.6. The molecule has 0 fully saturated rings. The van der Waals surface area contributed by atoms with Crippen LogP contribution in [0.25, 0.3) is 0 Å². The smallest absolute Gasteiger partial charge is 0.194 e. The first kappa shape index (κ1) is 51.4. The average Bonchev–Trinajstić information content (AvgIpc) is 3.04. The second-order valence-electron chi connectivity index (χ2n) is 12.8. The molecule has 0 radical (unpaired) electrons. The van der Waals surface area contributed by atoms with Crippen molar-refractivity contribution in [2.45, 2.75) is 49.4 Å². The largest absolute Gasteiger partial charge is 0.416 e. The Morgan fingerprint density at radius 3 is 0.419 bits per heavy atom. The molecule has 0 unspecified atom stereocenters. The molecule has 4 rings (SSSR count). The molecule has 4 aromatic carbocycles. The molecule has 0 saturated carbocycles. The summed E-state index contributed by atoms with van der Waals surface area (Å²) in [5.74, 6) is 0. The van der Waals surface area contributed by atoms with Crippen molar-refractivity contribution in [3.05, 3.63) is 117 Å². The van der Waals surface area contributed by atoms with E-state index in [1.165, 1.54) is 0 Å². The minimum atomic E-state index is -6.13. The zero-order valence-electron chi connectivity index (χ0n) is 28.8. The van der Waals surface area contributed by atoms with E-state index in [2.05, 4.69) is 0 Å². The maximum Gasteiger partial charge on any atom is 0.416 e. The second-order valence-corrected chi connectivity index (χ2v) is 12.8. The summed E-state index contributed by atoms with van der Waals surface area (Å²) in [6.45, 7) is 0. The van der Waals surface area contributed by atoms with Gasteiger partial charge >= 0.3 is 49.4 Å². The fourth-order valence-corrected chi connectivity index (χ4v) is 6.07. The van der Waals surface area contributed by atoms with Crippen molar-refractivity contribution in [3.8, 4) is 0 Å². The molecule has 0 aliphatic heterocycles. The Labute approximate surface area is 326 Å². The van der Waals surface area contributed by atoms with Crippen molar-refractivity contribution in [3.63, 3.8) is 0 Å². The number of hydrogen-bond donors (Lipinski definition) is 4. The average molecular weight is 945 g/mol. The first-order valence-corrected chi connectivity index (χ1v) is 15.4. The van der Waals surface area contributed by atoms with E-state index in [4.69, 9.17) is 20.8 Å². The van der Waals surface area contributed by atoms with Gasteiger partial charge in [0.05, 0.1) is 44.5 Å². The van der Waals surface area contributed by atoms with Crippen molar-refractivity contribution < 1.29 is 131 Å². The van der Waals surface area contributed by atoms with Gasteiger partial charge in [0.15, 0.2) is 0 Å².